The SMILES string of the molecule is CO[C@H](C)c1cccn2cc(C)nc12. The Morgan fingerprint density at radius 2 is 2.29 bits per heavy atom. The standard InChI is InChI=1S/C11H14N2O/c1-8-7-13-6-4-5-10(9(2)14-3)11(13)12-8/h4-7,9H,1-3H3/t9-/m1/s1. The average Bonchev–Trinajstić information content (AvgIpc) is 2.56. The van der Waals surface area contributed by atoms with E-state index in [9.17, 15) is 0 Å². The van der Waals surface area contributed by atoms with Gasteiger partial charge in [-0.25, -0.2) is 4.98 Å². The van der Waals surface area contributed by atoms with Crippen LogP contribution in [0.4, 0.5) is 0 Å². The number of pyridine rings is 1. The van der Waals surface area contributed by atoms with Crippen molar-refractivity contribution in [1.29, 1.82) is 0 Å². The smallest absolute Gasteiger partial charge is 0.142 e. The summed E-state index contributed by atoms with van der Waals surface area (Å²) in [5.41, 5.74) is 3.14. The lowest BCUT2D eigenvalue weighted by atomic mass is 10.2. The van der Waals surface area contributed by atoms with Gasteiger partial charge in [-0.05, 0) is 19.9 Å². The number of nitrogens with zero attached hydrogens (tertiary/aromatic N) is 2. The number of imidazole rings is 1. The van der Waals surface area contributed by atoms with Crippen molar-refractivity contribution in [3.8, 4) is 0 Å². The molecule has 0 aliphatic carbocycles. The number of fused-ring (bicyclic) bond motifs is 1. The number of methoxy groups -OCH3 is 1. The Balaban J connectivity index is 2.64. The Hall–Kier alpha value is -1.35. The first kappa shape index (κ1) is 9.21. The van der Waals surface area contributed by atoms with Crippen LogP contribution in [-0.2, 0) is 4.74 Å². The molecule has 0 spiro atoms. The number of hydrogen-bond donors (Lipinski definition) is 0. The molecule has 3 heteroatoms. The average molecular weight is 190 g/mol. The van der Waals surface area contributed by atoms with Crippen molar-refractivity contribution in [1.82, 2.24) is 9.38 Å². The van der Waals surface area contributed by atoms with Crippen molar-refractivity contribution in [3.63, 3.8) is 0 Å². The summed E-state index contributed by atoms with van der Waals surface area (Å²) in [6.07, 6.45) is 4.10. The first-order valence-corrected chi connectivity index (χ1v) is 4.69. The predicted molar refractivity (Wildman–Crippen MR) is 55.4 cm³/mol. The van der Waals surface area contributed by atoms with Crippen molar-refractivity contribution < 1.29 is 4.74 Å². The first-order chi connectivity index (χ1) is 6.72. The summed E-state index contributed by atoms with van der Waals surface area (Å²) < 4.78 is 7.33. The minimum Gasteiger partial charge on any atom is -0.377 e. The molecule has 0 saturated heterocycles. The van der Waals surface area contributed by atoms with Crippen molar-refractivity contribution in [2.75, 3.05) is 7.11 Å². The van der Waals surface area contributed by atoms with E-state index in [0.29, 0.717) is 0 Å². The second-order valence-corrected chi connectivity index (χ2v) is 3.45. The number of rotatable bonds is 2. The van der Waals surface area contributed by atoms with Gasteiger partial charge in [0.05, 0.1) is 11.8 Å². The van der Waals surface area contributed by atoms with E-state index in [1.807, 2.05) is 36.7 Å². The van der Waals surface area contributed by atoms with Gasteiger partial charge in [0, 0.05) is 25.1 Å². The molecule has 0 saturated carbocycles. The molecule has 0 unspecified atom stereocenters. The van der Waals surface area contributed by atoms with E-state index in [-0.39, 0.29) is 6.10 Å². The molecule has 0 aromatic carbocycles. The zero-order valence-corrected chi connectivity index (χ0v) is 8.69. The topological polar surface area (TPSA) is 26.5 Å². The van der Waals surface area contributed by atoms with Crippen LogP contribution in [0.1, 0.15) is 24.3 Å². The Labute approximate surface area is 83.3 Å². The highest BCUT2D eigenvalue weighted by molar-refractivity contribution is 5.49. The molecule has 3 nitrogen and oxygen atoms in total. The summed E-state index contributed by atoms with van der Waals surface area (Å²) in [5, 5.41) is 0. The van der Waals surface area contributed by atoms with E-state index in [0.717, 1.165) is 16.9 Å². The Morgan fingerprint density at radius 3 is 3.00 bits per heavy atom. The maximum absolute atomic E-state index is 5.30. The molecule has 0 amide bonds. The fraction of sp³-hybridized carbons (Fsp3) is 0.364. The number of ether oxygens (including phenoxy) is 1. The molecular weight excluding hydrogens is 176 g/mol. The fourth-order valence-corrected chi connectivity index (χ4v) is 1.60. The molecule has 0 aliphatic heterocycles. The van der Waals surface area contributed by atoms with E-state index < -0.39 is 0 Å². The highest BCUT2D eigenvalue weighted by Gasteiger charge is 2.09. The molecule has 14 heavy (non-hydrogen) atoms. The van der Waals surface area contributed by atoms with Gasteiger partial charge in [0.1, 0.15) is 5.65 Å². The van der Waals surface area contributed by atoms with Crippen LogP contribution in [0.5, 0.6) is 0 Å². The molecule has 0 radical (unpaired) electrons. The maximum atomic E-state index is 5.30. The van der Waals surface area contributed by atoms with E-state index >= 15 is 0 Å². The van der Waals surface area contributed by atoms with E-state index in [2.05, 4.69) is 11.1 Å². The van der Waals surface area contributed by atoms with Gasteiger partial charge < -0.3 is 9.14 Å². The summed E-state index contributed by atoms with van der Waals surface area (Å²) in [5.74, 6) is 0. The number of aromatic nitrogens is 2. The van der Waals surface area contributed by atoms with Crippen LogP contribution < -0.4 is 0 Å². The van der Waals surface area contributed by atoms with Crippen LogP contribution in [0.15, 0.2) is 24.5 Å². The monoisotopic (exact) mass is 190 g/mol. The Kier molecular flexibility index (Phi) is 2.25. The second-order valence-electron chi connectivity index (χ2n) is 3.45. The lowest BCUT2D eigenvalue weighted by Crippen LogP contribution is -1.99. The summed E-state index contributed by atoms with van der Waals surface area (Å²) in [4.78, 5) is 4.47. The van der Waals surface area contributed by atoms with E-state index in [1.54, 1.807) is 7.11 Å². The highest BCUT2D eigenvalue weighted by Crippen LogP contribution is 2.20. The number of hydrogen-bond acceptors (Lipinski definition) is 2. The van der Waals surface area contributed by atoms with Crippen LogP contribution in [0.2, 0.25) is 0 Å². The summed E-state index contributed by atoms with van der Waals surface area (Å²) in [6, 6.07) is 4.06. The second kappa shape index (κ2) is 3.42. The molecule has 0 N–H and O–H groups in total. The minimum atomic E-state index is 0.0838. The molecule has 2 aromatic heterocycles. The lowest BCUT2D eigenvalue weighted by Gasteiger charge is -2.10. The molecule has 1 atom stereocenters. The van der Waals surface area contributed by atoms with Crippen molar-refractivity contribution in [2.24, 2.45) is 0 Å². The maximum Gasteiger partial charge on any atom is 0.142 e. The van der Waals surface area contributed by atoms with Crippen molar-refractivity contribution >= 4 is 5.65 Å². The number of aryl methyl sites for hydroxylation is 1. The van der Waals surface area contributed by atoms with Gasteiger partial charge >= 0.3 is 0 Å². The van der Waals surface area contributed by atoms with Gasteiger partial charge in [-0.15, -0.1) is 0 Å². The summed E-state index contributed by atoms with van der Waals surface area (Å²) in [7, 11) is 1.71. The quantitative estimate of drug-likeness (QED) is 0.726. The van der Waals surface area contributed by atoms with Gasteiger partial charge in [0.15, 0.2) is 0 Å². The largest absolute Gasteiger partial charge is 0.377 e. The van der Waals surface area contributed by atoms with Crippen LogP contribution in [0.25, 0.3) is 5.65 Å². The van der Waals surface area contributed by atoms with Crippen molar-refractivity contribution in [3.05, 3.63) is 35.8 Å². The van der Waals surface area contributed by atoms with Crippen molar-refractivity contribution in [2.45, 2.75) is 20.0 Å². The third-order valence-corrected chi connectivity index (χ3v) is 2.42. The predicted octanol–water partition coefficient (Wildman–Crippen LogP) is 2.35. The minimum absolute atomic E-state index is 0.0838. The van der Waals surface area contributed by atoms with Crippen LogP contribution in [0, 0.1) is 6.92 Å². The highest BCUT2D eigenvalue weighted by atomic mass is 16.5. The molecule has 0 fully saturated rings. The zero-order valence-electron chi connectivity index (χ0n) is 8.69. The van der Waals surface area contributed by atoms with Gasteiger partial charge in [-0.3, -0.25) is 0 Å². The summed E-state index contributed by atoms with van der Waals surface area (Å²) in [6.45, 7) is 4.02. The third kappa shape index (κ3) is 1.40. The van der Waals surface area contributed by atoms with Gasteiger partial charge in [-0.1, -0.05) is 6.07 Å². The summed E-state index contributed by atoms with van der Waals surface area (Å²) >= 11 is 0. The Morgan fingerprint density at radius 1 is 1.50 bits per heavy atom. The van der Waals surface area contributed by atoms with E-state index in [4.69, 9.17) is 4.74 Å². The van der Waals surface area contributed by atoms with E-state index in [1.165, 1.54) is 0 Å². The molecule has 2 heterocycles. The van der Waals surface area contributed by atoms with Gasteiger partial charge in [0.2, 0.25) is 0 Å². The molecule has 0 bridgehead atoms. The molecular formula is C11H14N2O. The van der Waals surface area contributed by atoms with Gasteiger partial charge in [-0.2, -0.15) is 0 Å². The Bertz CT molecular complexity index is 447. The lowest BCUT2D eigenvalue weighted by molar-refractivity contribution is 0.120. The van der Waals surface area contributed by atoms with Crippen LogP contribution >= 0.6 is 0 Å². The molecule has 2 rings (SSSR count). The molecule has 2 aromatic rings. The van der Waals surface area contributed by atoms with Crippen LogP contribution in [0.3, 0.4) is 0 Å². The van der Waals surface area contributed by atoms with Gasteiger partial charge in [0.25, 0.3) is 0 Å². The first-order valence-electron chi connectivity index (χ1n) is 4.69. The normalized spacial score (nSPS) is 13.4. The van der Waals surface area contributed by atoms with Crippen LogP contribution in [-0.4, -0.2) is 16.5 Å². The molecule has 0 aliphatic rings. The zero-order chi connectivity index (χ0) is 10.1. The molecule has 74 valence electrons. The fourth-order valence-electron chi connectivity index (χ4n) is 1.60. The third-order valence-electron chi connectivity index (χ3n) is 2.42.